The first kappa shape index (κ1) is 7.74. The van der Waals surface area contributed by atoms with E-state index in [0.717, 1.165) is 16.7 Å². The van der Waals surface area contributed by atoms with Gasteiger partial charge in [-0.1, -0.05) is 12.1 Å². The molecule has 3 rings (SSSR count). The van der Waals surface area contributed by atoms with Gasteiger partial charge in [-0.3, -0.25) is 0 Å². The lowest BCUT2D eigenvalue weighted by Gasteiger charge is -2.03. The van der Waals surface area contributed by atoms with Crippen LogP contribution in [-0.2, 0) is 0 Å². The fourth-order valence-corrected chi connectivity index (χ4v) is 1.64. The summed E-state index contributed by atoms with van der Waals surface area (Å²) in [5, 5.41) is 0.955. The van der Waals surface area contributed by atoms with Crippen molar-refractivity contribution in [2.24, 2.45) is 0 Å². The molecule has 0 bridgehead atoms. The summed E-state index contributed by atoms with van der Waals surface area (Å²) in [7, 11) is 0. The van der Waals surface area contributed by atoms with Gasteiger partial charge in [0.1, 0.15) is 11.6 Å². The number of fused-ring (bicyclic) bond motifs is 1. The molecule has 2 N–H and O–H groups in total. The molecule has 70 valence electrons. The van der Waals surface area contributed by atoms with Crippen LogP contribution in [0.2, 0.25) is 0 Å². The van der Waals surface area contributed by atoms with E-state index in [9.17, 15) is 0 Å². The molecule has 1 aromatic carbocycles. The van der Waals surface area contributed by atoms with Crippen molar-refractivity contribution in [2.45, 2.75) is 18.8 Å². The van der Waals surface area contributed by atoms with Gasteiger partial charge in [-0.2, -0.15) is 0 Å². The molecule has 1 aromatic heterocycles. The summed E-state index contributed by atoms with van der Waals surface area (Å²) >= 11 is 0. The van der Waals surface area contributed by atoms with E-state index in [1.54, 1.807) is 0 Å². The van der Waals surface area contributed by atoms with Crippen LogP contribution < -0.4 is 5.73 Å². The van der Waals surface area contributed by atoms with Crippen molar-refractivity contribution < 1.29 is 0 Å². The van der Waals surface area contributed by atoms with Crippen molar-refractivity contribution >= 4 is 16.7 Å². The van der Waals surface area contributed by atoms with Gasteiger partial charge in [-0.25, -0.2) is 9.97 Å². The van der Waals surface area contributed by atoms with Crippen LogP contribution in [0.4, 0.5) is 5.82 Å². The standard InChI is InChI=1S/C11H11N3/c12-10-8-3-1-2-4-9(8)13-11(14-10)7-5-6-7/h1-4,7H,5-6H2,(H2,12,13,14). The lowest BCUT2D eigenvalue weighted by molar-refractivity contribution is 0.952. The summed E-state index contributed by atoms with van der Waals surface area (Å²) in [5.41, 5.74) is 6.83. The molecule has 0 radical (unpaired) electrons. The van der Waals surface area contributed by atoms with Crippen molar-refractivity contribution in [3.63, 3.8) is 0 Å². The first-order valence-electron chi connectivity index (χ1n) is 4.87. The highest BCUT2D eigenvalue weighted by molar-refractivity contribution is 5.87. The third kappa shape index (κ3) is 1.13. The Morgan fingerprint density at radius 1 is 1.14 bits per heavy atom. The van der Waals surface area contributed by atoms with Crippen LogP contribution in [0.1, 0.15) is 24.6 Å². The maximum absolute atomic E-state index is 5.87. The average Bonchev–Trinajstić information content (AvgIpc) is 3.01. The van der Waals surface area contributed by atoms with E-state index in [-0.39, 0.29) is 0 Å². The van der Waals surface area contributed by atoms with Gasteiger partial charge in [0.05, 0.1) is 5.52 Å². The van der Waals surface area contributed by atoms with Gasteiger partial charge < -0.3 is 5.73 Å². The fraction of sp³-hybridized carbons (Fsp3) is 0.273. The Hall–Kier alpha value is -1.64. The third-order valence-electron chi connectivity index (χ3n) is 2.59. The number of nitrogens with zero attached hydrogens (tertiary/aromatic N) is 2. The second-order valence-electron chi connectivity index (χ2n) is 3.76. The quantitative estimate of drug-likeness (QED) is 0.740. The lowest BCUT2D eigenvalue weighted by atomic mass is 10.2. The molecule has 0 aliphatic heterocycles. The maximum Gasteiger partial charge on any atom is 0.135 e. The number of hydrogen-bond donors (Lipinski definition) is 1. The zero-order valence-corrected chi connectivity index (χ0v) is 7.77. The summed E-state index contributed by atoms with van der Waals surface area (Å²) in [6.07, 6.45) is 2.41. The van der Waals surface area contributed by atoms with Crippen molar-refractivity contribution in [1.29, 1.82) is 0 Å². The van der Waals surface area contributed by atoms with Crippen molar-refractivity contribution in [3.05, 3.63) is 30.1 Å². The molecule has 2 aromatic rings. The van der Waals surface area contributed by atoms with Crippen LogP contribution in [0.5, 0.6) is 0 Å². The average molecular weight is 185 g/mol. The molecule has 1 aliphatic carbocycles. The number of aromatic nitrogens is 2. The van der Waals surface area contributed by atoms with Gasteiger partial charge in [0.2, 0.25) is 0 Å². The van der Waals surface area contributed by atoms with E-state index < -0.39 is 0 Å². The highest BCUT2D eigenvalue weighted by atomic mass is 15.0. The molecule has 0 atom stereocenters. The predicted molar refractivity (Wildman–Crippen MR) is 55.9 cm³/mol. The Morgan fingerprint density at radius 3 is 2.71 bits per heavy atom. The normalized spacial score (nSPS) is 16.0. The highest BCUT2D eigenvalue weighted by Crippen LogP contribution is 2.38. The Labute approximate surface area is 82.0 Å². The number of nitrogen functional groups attached to an aromatic ring is 1. The minimum Gasteiger partial charge on any atom is -0.383 e. The van der Waals surface area contributed by atoms with Crippen molar-refractivity contribution in [3.8, 4) is 0 Å². The molecule has 14 heavy (non-hydrogen) atoms. The molecule has 3 heteroatoms. The topological polar surface area (TPSA) is 51.8 Å². The number of benzene rings is 1. The SMILES string of the molecule is Nc1nc(C2CC2)nc2ccccc12. The molecule has 0 saturated heterocycles. The van der Waals surface area contributed by atoms with E-state index >= 15 is 0 Å². The smallest absolute Gasteiger partial charge is 0.135 e. The predicted octanol–water partition coefficient (Wildman–Crippen LogP) is 2.09. The van der Waals surface area contributed by atoms with Crippen LogP contribution >= 0.6 is 0 Å². The number of para-hydroxylation sites is 1. The second kappa shape index (κ2) is 2.67. The van der Waals surface area contributed by atoms with Crippen molar-refractivity contribution in [2.75, 3.05) is 5.73 Å². The number of hydrogen-bond acceptors (Lipinski definition) is 3. The van der Waals surface area contributed by atoms with Gasteiger partial charge in [0.15, 0.2) is 0 Å². The van der Waals surface area contributed by atoms with E-state index in [1.165, 1.54) is 12.8 Å². The molecule has 1 saturated carbocycles. The largest absolute Gasteiger partial charge is 0.383 e. The van der Waals surface area contributed by atoms with E-state index in [2.05, 4.69) is 9.97 Å². The Balaban J connectivity index is 2.27. The second-order valence-corrected chi connectivity index (χ2v) is 3.76. The van der Waals surface area contributed by atoms with Gasteiger partial charge in [-0.05, 0) is 25.0 Å². The lowest BCUT2D eigenvalue weighted by Crippen LogP contribution is -1.99. The number of rotatable bonds is 1. The van der Waals surface area contributed by atoms with E-state index in [1.807, 2.05) is 24.3 Å². The maximum atomic E-state index is 5.87. The molecule has 1 aliphatic rings. The third-order valence-corrected chi connectivity index (χ3v) is 2.59. The van der Waals surface area contributed by atoms with Gasteiger partial charge in [0.25, 0.3) is 0 Å². The molecule has 3 nitrogen and oxygen atoms in total. The minimum atomic E-state index is 0.557. The van der Waals surface area contributed by atoms with Gasteiger partial charge >= 0.3 is 0 Å². The first-order valence-corrected chi connectivity index (χ1v) is 4.87. The molecular weight excluding hydrogens is 174 g/mol. The first-order chi connectivity index (χ1) is 6.84. The number of anilines is 1. The zero-order valence-electron chi connectivity index (χ0n) is 7.77. The van der Waals surface area contributed by atoms with Gasteiger partial charge in [-0.15, -0.1) is 0 Å². The van der Waals surface area contributed by atoms with Crippen LogP contribution in [0.15, 0.2) is 24.3 Å². The summed E-state index contributed by atoms with van der Waals surface area (Å²) in [4.78, 5) is 8.84. The number of nitrogens with two attached hydrogens (primary N) is 1. The zero-order chi connectivity index (χ0) is 9.54. The van der Waals surface area contributed by atoms with Gasteiger partial charge in [0, 0.05) is 11.3 Å². The Bertz CT molecular complexity index is 489. The summed E-state index contributed by atoms with van der Waals surface area (Å²) < 4.78 is 0. The van der Waals surface area contributed by atoms with Crippen LogP contribution in [0, 0.1) is 0 Å². The minimum absolute atomic E-state index is 0.557. The molecule has 1 fully saturated rings. The molecule has 1 heterocycles. The van der Waals surface area contributed by atoms with Crippen molar-refractivity contribution in [1.82, 2.24) is 9.97 Å². The summed E-state index contributed by atoms with van der Waals surface area (Å²) in [6, 6.07) is 7.88. The molecular formula is C11H11N3. The molecule has 0 spiro atoms. The van der Waals surface area contributed by atoms with E-state index in [0.29, 0.717) is 11.7 Å². The summed E-state index contributed by atoms with van der Waals surface area (Å²) in [5.74, 6) is 2.08. The van der Waals surface area contributed by atoms with E-state index in [4.69, 9.17) is 5.73 Å². The Kier molecular flexibility index (Phi) is 1.48. The van der Waals surface area contributed by atoms with Crippen LogP contribution in [-0.4, -0.2) is 9.97 Å². The van der Waals surface area contributed by atoms with Crippen LogP contribution in [0.3, 0.4) is 0 Å². The molecule has 0 amide bonds. The fourth-order valence-electron chi connectivity index (χ4n) is 1.64. The highest BCUT2D eigenvalue weighted by Gasteiger charge is 2.27. The molecule has 0 unspecified atom stereocenters. The monoisotopic (exact) mass is 185 g/mol. The summed E-state index contributed by atoms with van der Waals surface area (Å²) in [6.45, 7) is 0. The Morgan fingerprint density at radius 2 is 1.93 bits per heavy atom. The van der Waals surface area contributed by atoms with Crippen LogP contribution in [0.25, 0.3) is 10.9 Å².